The number of imide groups is 2. The van der Waals surface area contributed by atoms with E-state index in [0.717, 1.165) is 38.4 Å². The number of hydrogen-bond acceptors (Lipinski definition) is 4. The maximum absolute atomic E-state index is 13.3. The van der Waals surface area contributed by atoms with Gasteiger partial charge in [-0.1, -0.05) is 18.2 Å². The highest BCUT2D eigenvalue weighted by atomic mass is 16.2. The molecule has 2 aromatic rings. The Labute approximate surface area is 200 Å². The van der Waals surface area contributed by atoms with Gasteiger partial charge in [-0.25, -0.2) is 9.69 Å². The van der Waals surface area contributed by atoms with E-state index in [1.54, 1.807) is 18.2 Å². The van der Waals surface area contributed by atoms with Crippen LogP contribution in [0.1, 0.15) is 56.9 Å². The average Bonchev–Trinajstić information content (AvgIpc) is 2.69. The van der Waals surface area contributed by atoms with Gasteiger partial charge in [0.1, 0.15) is 5.57 Å². The van der Waals surface area contributed by atoms with Crippen LogP contribution >= 0.6 is 0 Å². The summed E-state index contributed by atoms with van der Waals surface area (Å²) in [6.07, 6.45) is 3.80. The predicted octanol–water partition coefficient (Wildman–Crippen LogP) is 5.38. The zero-order chi connectivity index (χ0) is 24.9. The lowest BCUT2D eigenvalue weighted by Crippen LogP contribution is -2.54. The first-order chi connectivity index (χ1) is 15.9. The average molecular weight is 458 g/mol. The van der Waals surface area contributed by atoms with Crippen molar-refractivity contribution in [1.29, 1.82) is 0 Å². The SMILES string of the molecule is CC1=CC(C)(C)N(C(C)C)c2ccc(/C=C3\C(=O)NC(=O)N(c4cc(C)cc(C)c4)C3=O)cc21. The minimum atomic E-state index is -0.740. The molecule has 4 amide bonds. The molecule has 1 N–H and O–H groups in total. The monoisotopic (exact) mass is 457 g/mol. The number of anilines is 2. The quantitative estimate of drug-likeness (QED) is 0.496. The van der Waals surface area contributed by atoms with Crippen LogP contribution in [0.4, 0.5) is 16.2 Å². The van der Waals surface area contributed by atoms with Crippen molar-refractivity contribution in [2.24, 2.45) is 0 Å². The second-order valence-corrected chi connectivity index (χ2v) is 10.0. The maximum atomic E-state index is 13.3. The van der Waals surface area contributed by atoms with Gasteiger partial charge < -0.3 is 4.90 Å². The van der Waals surface area contributed by atoms with E-state index in [2.05, 4.69) is 50.9 Å². The first-order valence-electron chi connectivity index (χ1n) is 11.5. The lowest BCUT2D eigenvalue weighted by atomic mass is 9.86. The Hall–Kier alpha value is -3.67. The molecule has 2 heterocycles. The van der Waals surface area contributed by atoms with Gasteiger partial charge in [-0.05, 0) is 101 Å². The van der Waals surface area contributed by atoms with Crippen LogP contribution in [-0.2, 0) is 9.59 Å². The van der Waals surface area contributed by atoms with Gasteiger partial charge in [0.05, 0.1) is 11.2 Å². The third-order valence-corrected chi connectivity index (χ3v) is 6.29. The van der Waals surface area contributed by atoms with Gasteiger partial charge in [-0.2, -0.15) is 0 Å². The van der Waals surface area contributed by atoms with Gasteiger partial charge in [0.15, 0.2) is 0 Å². The molecule has 34 heavy (non-hydrogen) atoms. The van der Waals surface area contributed by atoms with Crippen molar-refractivity contribution in [3.8, 4) is 0 Å². The first kappa shape index (κ1) is 23.5. The van der Waals surface area contributed by atoms with Crippen LogP contribution in [0.3, 0.4) is 0 Å². The topological polar surface area (TPSA) is 69.7 Å². The minimum Gasteiger partial charge on any atom is -0.360 e. The number of barbiturate groups is 1. The summed E-state index contributed by atoms with van der Waals surface area (Å²) in [5, 5.41) is 2.31. The minimum absolute atomic E-state index is 0.0720. The Morgan fingerprint density at radius 1 is 0.941 bits per heavy atom. The highest BCUT2D eigenvalue weighted by Gasteiger charge is 2.37. The Bertz CT molecular complexity index is 1260. The van der Waals surface area contributed by atoms with Crippen molar-refractivity contribution < 1.29 is 14.4 Å². The number of benzene rings is 2. The molecule has 0 aromatic heterocycles. The van der Waals surface area contributed by atoms with Crippen LogP contribution in [0.2, 0.25) is 0 Å². The van der Waals surface area contributed by atoms with Crippen molar-refractivity contribution in [3.63, 3.8) is 0 Å². The zero-order valence-corrected chi connectivity index (χ0v) is 20.8. The molecule has 6 heteroatoms. The normalized spacial score (nSPS) is 18.9. The molecule has 0 unspecified atom stereocenters. The summed E-state index contributed by atoms with van der Waals surface area (Å²) in [6, 6.07) is 11.0. The highest BCUT2D eigenvalue weighted by Crippen LogP contribution is 2.40. The molecule has 1 fully saturated rings. The van der Waals surface area contributed by atoms with Gasteiger partial charge in [-0.3, -0.25) is 14.9 Å². The van der Waals surface area contributed by atoms with Gasteiger partial charge in [0, 0.05) is 17.3 Å². The lowest BCUT2D eigenvalue weighted by molar-refractivity contribution is -0.122. The van der Waals surface area contributed by atoms with E-state index >= 15 is 0 Å². The molecule has 0 bridgehead atoms. The number of amides is 4. The summed E-state index contributed by atoms with van der Waals surface area (Å²) in [5.41, 5.74) is 6.14. The van der Waals surface area contributed by atoms with Crippen LogP contribution in [0, 0.1) is 13.8 Å². The number of aryl methyl sites for hydroxylation is 2. The summed E-state index contributed by atoms with van der Waals surface area (Å²) < 4.78 is 0. The summed E-state index contributed by atoms with van der Waals surface area (Å²) in [5.74, 6) is -1.32. The third-order valence-electron chi connectivity index (χ3n) is 6.29. The summed E-state index contributed by atoms with van der Waals surface area (Å²) in [6.45, 7) is 14.6. The molecule has 2 aliphatic heterocycles. The Morgan fingerprint density at radius 2 is 1.59 bits per heavy atom. The Morgan fingerprint density at radius 3 is 2.21 bits per heavy atom. The van der Waals surface area contributed by atoms with E-state index in [1.807, 2.05) is 38.1 Å². The largest absolute Gasteiger partial charge is 0.360 e. The molecule has 2 aliphatic rings. The number of urea groups is 1. The number of nitrogens with zero attached hydrogens (tertiary/aromatic N) is 2. The van der Waals surface area contributed by atoms with E-state index in [1.165, 1.54) is 0 Å². The molecule has 2 aromatic carbocycles. The number of nitrogens with one attached hydrogen (secondary N) is 1. The van der Waals surface area contributed by atoms with Crippen LogP contribution in [-0.4, -0.2) is 29.4 Å². The number of fused-ring (bicyclic) bond motifs is 1. The second kappa shape index (κ2) is 8.28. The smallest absolute Gasteiger partial charge is 0.335 e. The molecule has 0 radical (unpaired) electrons. The molecule has 176 valence electrons. The predicted molar refractivity (Wildman–Crippen MR) is 137 cm³/mol. The molecule has 4 rings (SSSR count). The fourth-order valence-electron chi connectivity index (χ4n) is 5.24. The van der Waals surface area contributed by atoms with E-state index in [9.17, 15) is 14.4 Å². The van der Waals surface area contributed by atoms with Crippen molar-refractivity contribution in [3.05, 3.63) is 70.3 Å². The van der Waals surface area contributed by atoms with E-state index in [-0.39, 0.29) is 11.1 Å². The number of hydrogen-bond donors (Lipinski definition) is 1. The van der Waals surface area contributed by atoms with Gasteiger partial charge in [0.25, 0.3) is 11.8 Å². The molecular formula is C28H31N3O3. The van der Waals surface area contributed by atoms with Crippen molar-refractivity contribution in [1.82, 2.24) is 5.32 Å². The number of carbonyl (C=O) groups excluding carboxylic acids is 3. The zero-order valence-electron chi connectivity index (χ0n) is 20.8. The highest BCUT2D eigenvalue weighted by molar-refractivity contribution is 6.39. The van der Waals surface area contributed by atoms with Gasteiger partial charge in [0.2, 0.25) is 0 Å². The molecule has 0 atom stereocenters. The Balaban J connectivity index is 1.77. The summed E-state index contributed by atoms with van der Waals surface area (Å²) in [4.78, 5) is 41.9. The molecule has 0 saturated carbocycles. The van der Waals surface area contributed by atoms with Gasteiger partial charge in [-0.15, -0.1) is 0 Å². The van der Waals surface area contributed by atoms with Crippen molar-refractivity contribution in [2.75, 3.05) is 9.80 Å². The summed E-state index contributed by atoms with van der Waals surface area (Å²) >= 11 is 0. The molecule has 0 aliphatic carbocycles. The molecule has 6 nitrogen and oxygen atoms in total. The van der Waals surface area contributed by atoms with E-state index < -0.39 is 17.8 Å². The van der Waals surface area contributed by atoms with Gasteiger partial charge >= 0.3 is 6.03 Å². The van der Waals surface area contributed by atoms with Crippen LogP contribution < -0.4 is 15.1 Å². The summed E-state index contributed by atoms with van der Waals surface area (Å²) in [7, 11) is 0. The Kier molecular flexibility index (Phi) is 5.72. The first-order valence-corrected chi connectivity index (χ1v) is 11.5. The molecule has 1 saturated heterocycles. The standard InChI is InChI=1S/C28H31N3O3/c1-16(2)31-24-9-8-20(13-22(24)19(5)15-28(31,6)7)14-23-25(32)29-27(34)30(26(23)33)21-11-17(3)10-18(4)12-21/h8-16H,1-7H3,(H,29,32,34)/b23-14+. The van der Waals surface area contributed by atoms with Crippen molar-refractivity contribution in [2.45, 2.75) is 60.0 Å². The third kappa shape index (κ3) is 4.04. The number of carbonyl (C=O) groups is 3. The second-order valence-electron chi connectivity index (χ2n) is 10.0. The lowest BCUT2D eigenvalue weighted by Gasteiger charge is -2.46. The fourth-order valence-corrected chi connectivity index (χ4v) is 5.24. The van der Waals surface area contributed by atoms with Crippen LogP contribution in [0.25, 0.3) is 11.6 Å². The van der Waals surface area contributed by atoms with E-state index in [0.29, 0.717) is 11.7 Å². The van der Waals surface area contributed by atoms with Crippen LogP contribution in [0.15, 0.2) is 48.0 Å². The number of allylic oxidation sites excluding steroid dienone is 1. The molecular weight excluding hydrogens is 426 g/mol. The number of rotatable bonds is 3. The fraction of sp³-hybridized carbons (Fsp3) is 0.321. The van der Waals surface area contributed by atoms with Crippen molar-refractivity contribution >= 4 is 40.9 Å². The maximum Gasteiger partial charge on any atom is 0.335 e. The molecule has 0 spiro atoms. The van der Waals surface area contributed by atoms with Crippen LogP contribution in [0.5, 0.6) is 0 Å². The van der Waals surface area contributed by atoms with E-state index in [4.69, 9.17) is 0 Å².